The zero-order valence-electron chi connectivity index (χ0n) is 14.2. The lowest BCUT2D eigenvalue weighted by atomic mass is 10.1. The van der Waals surface area contributed by atoms with Crippen molar-refractivity contribution in [2.24, 2.45) is 0 Å². The predicted octanol–water partition coefficient (Wildman–Crippen LogP) is 3.16. The number of carbonyl (C=O) groups excluding carboxylic acids is 1. The second-order valence-corrected chi connectivity index (χ2v) is 5.50. The van der Waals surface area contributed by atoms with Crippen LogP contribution in [0.25, 0.3) is 11.2 Å². The minimum atomic E-state index is -0.209. The van der Waals surface area contributed by atoms with Gasteiger partial charge in [0.25, 0.3) is 5.71 Å². The molecular formula is C16H24N4O3. The highest BCUT2D eigenvalue weighted by atomic mass is 16.5. The fraction of sp³-hybridized carbons (Fsp3) is 0.625. The first kappa shape index (κ1) is 17.2. The molecule has 0 amide bonds. The molecule has 2 heterocycles. The molecule has 23 heavy (non-hydrogen) atoms. The van der Waals surface area contributed by atoms with Gasteiger partial charge in [-0.3, -0.25) is 4.79 Å². The van der Waals surface area contributed by atoms with E-state index in [1.54, 1.807) is 13.8 Å². The quantitative estimate of drug-likeness (QED) is 0.747. The summed E-state index contributed by atoms with van der Waals surface area (Å²) >= 11 is 0. The van der Waals surface area contributed by atoms with Crippen molar-refractivity contribution < 1.29 is 13.9 Å². The Labute approximate surface area is 135 Å². The van der Waals surface area contributed by atoms with Gasteiger partial charge >= 0.3 is 5.97 Å². The van der Waals surface area contributed by atoms with Gasteiger partial charge in [0.1, 0.15) is 5.82 Å². The van der Waals surface area contributed by atoms with E-state index in [-0.39, 0.29) is 12.0 Å². The third kappa shape index (κ3) is 4.64. The minimum absolute atomic E-state index is 0.0523. The van der Waals surface area contributed by atoms with E-state index in [4.69, 9.17) is 9.15 Å². The summed E-state index contributed by atoms with van der Waals surface area (Å²) in [5.74, 6) is 1.54. The molecule has 0 aromatic carbocycles. The maximum absolute atomic E-state index is 11.8. The Morgan fingerprint density at radius 1 is 1.26 bits per heavy atom. The summed E-state index contributed by atoms with van der Waals surface area (Å²) in [6.45, 7) is 7.89. The number of nitrogens with one attached hydrogen (secondary N) is 1. The second kappa shape index (κ2) is 7.89. The topological polar surface area (TPSA) is 90.1 Å². The molecule has 0 aliphatic rings. The molecule has 0 fully saturated rings. The Hall–Kier alpha value is -2.18. The zero-order valence-corrected chi connectivity index (χ0v) is 14.2. The molecule has 1 N–H and O–H groups in total. The van der Waals surface area contributed by atoms with Gasteiger partial charge in [-0.2, -0.15) is 4.98 Å². The van der Waals surface area contributed by atoms with Crippen molar-refractivity contribution in [1.29, 1.82) is 0 Å². The van der Waals surface area contributed by atoms with Crippen molar-refractivity contribution in [3.05, 3.63) is 11.7 Å². The molecule has 0 aliphatic carbocycles. The number of esters is 1. The van der Waals surface area contributed by atoms with Crippen molar-refractivity contribution in [1.82, 2.24) is 15.0 Å². The number of rotatable bonds is 8. The summed E-state index contributed by atoms with van der Waals surface area (Å²) in [6.07, 6.45) is 3.23. The lowest BCUT2D eigenvalue weighted by Gasteiger charge is -2.18. The van der Waals surface area contributed by atoms with Crippen molar-refractivity contribution >= 4 is 23.0 Å². The maximum Gasteiger partial charge on any atom is 0.307 e. The number of carbonyl (C=O) groups is 1. The van der Waals surface area contributed by atoms with E-state index < -0.39 is 0 Å². The van der Waals surface area contributed by atoms with E-state index in [0.29, 0.717) is 41.8 Å². The average molecular weight is 320 g/mol. The Balaban J connectivity index is 2.22. The number of aryl methyl sites for hydroxylation is 2. The van der Waals surface area contributed by atoms with Crippen molar-refractivity contribution in [2.75, 3.05) is 11.9 Å². The Bertz CT molecular complexity index is 669. The third-order valence-electron chi connectivity index (χ3n) is 3.44. The molecule has 0 saturated heterocycles. The standard InChI is InChI=1S/C16H24N4O3/c1-5-7-8-12(9-13(21)22-6-2)20-15-14-16(18-10(3)17-15)23-11(4)19-14/h12H,5-9H2,1-4H3,(H,17,18,20)/t12-/m1/s1. The minimum Gasteiger partial charge on any atom is -0.466 e. The van der Waals surface area contributed by atoms with E-state index in [1.807, 2.05) is 6.92 Å². The lowest BCUT2D eigenvalue weighted by Crippen LogP contribution is -2.25. The molecule has 0 spiro atoms. The summed E-state index contributed by atoms with van der Waals surface area (Å²) in [6, 6.07) is -0.0523. The fourth-order valence-electron chi connectivity index (χ4n) is 2.42. The summed E-state index contributed by atoms with van der Waals surface area (Å²) in [5.41, 5.74) is 1.06. The van der Waals surface area contributed by atoms with Crippen LogP contribution >= 0.6 is 0 Å². The number of unbranched alkanes of at least 4 members (excludes halogenated alkanes) is 1. The smallest absolute Gasteiger partial charge is 0.307 e. The molecule has 0 bridgehead atoms. The number of ether oxygens (including phenoxy) is 1. The van der Waals surface area contributed by atoms with Crippen LogP contribution in [0.1, 0.15) is 51.2 Å². The van der Waals surface area contributed by atoms with E-state index in [9.17, 15) is 4.79 Å². The van der Waals surface area contributed by atoms with Gasteiger partial charge in [0, 0.05) is 13.0 Å². The predicted molar refractivity (Wildman–Crippen MR) is 87.3 cm³/mol. The van der Waals surface area contributed by atoms with Gasteiger partial charge in [-0.1, -0.05) is 19.8 Å². The van der Waals surface area contributed by atoms with Gasteiger partial charge in [-0.15, -0.1) is 0 Å². The van der Waals surface area contributed by atoms with Gasteiger partial charge in [0.15, 0.2) is 17.2 Å². The van der Waals surface area contributed by atoms with Gasteiger partial charge in [-0.05, 0) is 20.3 Å². The molecule has 1 atom stereocenters. The third-order valence-corrected chi connectivity index (χ3v) is 3.44. The molecule has 7 heteroatoms. The molecule has 0 radical (unpaired) electrons. The van der Waals surface area contributed by atoms with Crippen LogP contribution in [-0.4, -0.2) is 33.6 Å². The van der Waals surface area contributed by atoms with Crippen molar-refractivity contribution in [2.45, 2.75) is 59.4 Å². The number of hydrogen-bond acceptors (Lipinski definition) is 7. The zero-order chi connectivity index (χ0) is 16.8. The molecule has 0 unspecified atom stereocenters. The number of nitrogens with zero attached hydrogens (tertiary/aromatic N) is 3. The molecule has 0 aliphatic heterocycles. The number of anilines is 1. The normalized spacial score (nSPS) is 12.3. The van der Waals surface area contributed by atoms with Gasteiger partial charge in [0.05, 0.1) is 13.0 Å². The van der Waals surface area contributed by atoms with Crippen LogP contribution in [0.5, 0.6) is 0 Å². The summed E-state index contributed by atoms with van der Waals surface area (Å²) < 4.78 is 10.5. The largest absolute Gasteiger partial charge is 0.466 e. The summed E-state index contributed by atoms with van der Waals surface area (Å²) in [4.78, 5) is 24.8. The van der Waals surface area contributed by atoms with Gasteiger partial charge in [0.2, 0.25) is 0 Å². The van der Waals surface area contributed by atoms with E-state index >= 15 is 0 Å². The van der Waals surface area contributed by atoms with Crippen LogP contribution in [0.3, 0.4) is 0 Å². The molecule has 2 aromatic rings. The first-order valence-electron chi connectivity index (χ1n) is 8.07. The SMILES string of the molecule is CCCC[C@H](CC(=O)OCC)Nc1nc(C)nc2oc(C)nc12. The van der Waals surface area contributed by atoms with Crippen LogP contribution in [0.15, 0.2) is 4.42 Å². The number of oxazole rings is 1. The Morgan fingerprint density at radius 3 is 2.74 bits per heavy atom. The molecule has 0 saturated carbocycles. The molecular weight excluding hydrogens is 296 g/mol. The van der Waals surface area contributed by atoms with E-state index in [0.717, 1.165) is 19.3 Å². The van der Waals surface area contributed by atoms with Crippen LogP contribution in [0, 0.1) is 13.8 Å². The summed E-state index contributed by atoms with van der Waals surface area (Å²) in [5, 5.41) is 3.33. The van der Waals surface area contributed by atoms with Crippen LogP contribution in [0.2, 0.25) is 0 Å². The van der Waals surface area contributed by atoms with Gasteiger partial charge in [-0.25, -0.2) is 9.97 Å². The molecule has 2 aromatic heterocycles. The Kier molecular flexibility index (Phi) is 5.90. The molecule has 2 rings (SSSR count). The van der Waals surface area contributed by atoms with Crippen molar-refractivity contribution in [3.63, 3.8) is 0 Å². The molecule has 7 nitrogen and oxygen atoms in total. The first-order valence-corrected chi connectivity index (χ1v) is 8.07. The summed E-state index contributed by atoms with van der Waals surface area (Å²) in [7, 11) is 0. The van der Waals surface area contributed by atoms with Crippen LogP contribution < -0.4 is 5.32 Å². The number of aromatic nitrogens is 3. The van der Waals surface area contributed by atoms with Crippen molar-refractivity contribution in [3.8, 4) is 0 Å². The van der Waals surface area contributed by atoms with Crippen LogP contribution in [-0.2, 0) is 9.53 Å². The lowest BCUT2D eigenvalue weighted by molar-refractivity contribution is -0.143. The van der Waals surface area contributed by atoms with Crippen LogP contribution in [0.4, 0.5) is 5.82 Å². The monoisotopic (exact) mass is 320 g/mol. The van der Waals surface area contributed by atoms with E-state index in [1.165, 1.54) is 0 Å². The maximum atomic E-state index is 11.8. The fourth-order valence-corrected chi connectivity index (χ4v) is 2.42. The Morgan fingerprint density at radius 2 is 2.04 bits per heavy atom. The number of fused-ring (bicyclic) bond motifs is 1. The highest BCUT2D eigenvalue weighted by Gasteiger charge is 2.19. The highest BCUT2D eigenvalue weighted by Crippen LogP contribution is 2.22. The van der Waals surface area contributed by atoms with E-state index in [2.05, 4.69) is 27.2 Å². The molecule has 126 valence electrons. The number of hydrogen-bond donors (Lipinski definition) is 1. The average Bonchev–Trinajstić information content (AvgIpc) is 2.85. The second-order valence-electron chi connectivity index (χ2n) is 5.50. The van der Waals surface area contributed by atoms with Gasteiger partial charge < -0.3 is 14.5 Å². The highest BCUT2D eigenvalue weighted by molar-refractivity contribution is 5.81. The first-order chi connectivity index (χ1) is 11.0.